The molecular weight excluding hydrogens is 256 g/mol. The third-order valence-corrected chi connectivity index (χ3v) is 3.08. The quantitative estimate of drug-likeness (QED) is 0.464. The zero-order valence-corrected chi connectivity index (χ0v) is 10.5. The van der Waals surface area contributed by atoms with Crippen LogP contribution in [0.15, 0.2) is 51.7 Å². The van der Waals surface area contributed by atoms with Gasteiger partial charge in [0.2, 0.25) is 0 Å². The Kier molecular flexibility index (Phi) is 2.61. The van der Waals surface area contributed by atoms with Crippen molar-refractivity contribution in [3.63, 3.8) is 0 Å². The molecule has 5 N–H and O–H groups in total. The molecule has 0 amide bonds. The fourth-order valence-electron chi connectivity index (χ4n) is 2.06. The van der Waals surface area contributed by atoms with E-state index in [9.17, 15) is 9.90 Å². The molecule has 5 nitrogen and oxygen atoms in total. The van der Waals surface area contributed by atoms with Gasteiger partial charge in [0.05, 0.1) is 5.39 Å². The zero-order chi connectivity index (χ0) is 14.3. The van der Waals surface area contributed by atoms with Crippen LogP contribution in [-0.2, 0) is 0 Å². The normalized spacial score (nSPS) is 10.8. The molecule has 0 spiro atoms. The number of hydrogen-bond acceptors (Lipinski definition) is 5. The molecule has 0 fully saturated rings. The Morgan fingerprint density at radius 3 is 2.40 bits per heavy atom. The van der Waals surface area contributed by atoms with Crippen molar-refractivity contribution in [2.45, 2.75) is 0 Å². The first kappa shape index (κ1) is 12.1. The number of benzene rings is 2. The summed E-state index contributed by atoms with van der Waals surface area (Å²) in [6, 6.07) is 11.1. The highest BCUT2D eigenvalue weighted by Crippen LogP contribution is 2.30. The highest BCUT2D eigenvalue weighted by Gasteiger charge is 2.12. The Bertz CT molecular complexity index is 851. The Hall–Kier alpha value is -2.95. The summed E-state index contributed by atoms with van der Waals surface area (Å²) in [5, 5.41) is 10.0. The van der Waals surface area contributed by atoms with Gasteiger partial charge in [0, 0.05) is 23.0 Å². The maximum absolute atomic E-state index is 12.1. The molecule has 1 heterocycles. The first-order chi connectivity index (χ1) is 9.56. The summed E-state index contributed by atoms with van der Waals surface area (Å²) in [5.41, 5.74) is 12.7. The van der Waals surface area contributed by atoms with E-state index < -0.39 is 0 Å². The fourth-order valence-corrected chi connectivity index (χ4v) is 2.06. The van der Waals surface area contributed by atoms with Crippen molar-refractivity contribution in [3.05, 3.63) is 52.7 Å². The predicted octanol–water partition coefficient (Wildman–Crippen LogP) is 2.33. The first-order valence-electron chi connectivity index (χ1n) is 5.97. The minimum Gasteiger partial charge on any atom is -0.504 e. The van der Waals surface area contributed by atoms with Gasteiger partial charge in [0.1, 0.15) is 5.76 Å². The molecule has 3 aromatic rings. The van der Waals surface area contributed by atoms with Crippen molar-refractivity contribution < 1.29 is 9.52 Å². The number of anilines is 2. The van der Waals surface area contributed by atoms with E-state index in [2.05, 4.69) is 0 Å². The van der Waals surface area contributed by atoms with Crippen LogP contribution in [0.1, 0.15) is 0 Å². The van der Waals surface area contributed by atoms with Crippen LogP contribution in [-0.4, -0.2) is 5.11 Å². The van der Waals surface area contributed by atoms with Crippen LogP contribution >= 0.6 is 0 Å². The summed E-state index contributed by atoms with van der Waals surface area (Å²) >= 11 is 0. The topological polar surface area (TPSA) is 102 Å². The zero-order valence-electron chi connectivity index (χ0n) is 10.5. The van der Waals surface area contributed by atoms with Gasteiger partial charge in [0.25, 0.3) is 0 Å². The summed E-state index contributed by atoms with van der Waals surface area (Å²) in [6.45, 7) is 0. The van der Waals surface area contributed by atoms with Crippen LogP contribution in [0.2, 0.25) is 0 Å². The lowest BCUT2D eigenvalue weighted by molar-refractivity contribution is 0.464. The molecule has 0 bridgehead atoms. The van der Waals surface area contributed by atoms with Crippen LogP contribution in [0.25, 0.3) is 22.3 Å². The molecule has 0 saturated carbocycles. The largest absolute Gasteiger partial charge is 0.504 e. The number of rotatable bonds is 1. The minimum absolute atomic E-state index is 0.0873. The van der Waals surface area contributed by atoms with E-state index in [1.807, 2.05) is 0 Å². The molecule has 2 aromatic carbocycles. The monoisotopic (exact) mass is 268 g/mol. The third-order valence-electron chi connectivity index (χ3n) is 3.08. The average Bonchev–Trinajstić information content (AvgIpc) is 2.43. The van der Waals surface area contributed by atoms with Crippen molar-refractivity contribution in [1.82, 2.24) is 0 Å². The Balaban J connectivity index is 2.32. The lowest BCUT2D eigenvalue weighted by Crippen LogP contribution is -2.04. The van der Waals surface area contributed by atoms with Crippen LogP contribution in [0.3, 0.4) is 0 Å². The predicted molar refractivity (Wildman–Crippen MR) is 78.4 cm³/mol. The van der Waals surface area contributed by atoms with Crippen molar-refractivity contribution >= 4 is 22.3 Å². The van der Waals surface area contributed by atoms with Crippen molar-refractivity contribution in [2.75, 3.05) is 11.5 Å². The van der Waals surface area contributed by atoms with Crippen molar-refractivity contribution in [3.8, 4) is 17.1 Å². The summed E-state index contributed by atoms with van der Waals surface area (Å²) < 4.78 is 5.61. The third kappa shape index (κ3) is 1.85. The first-order valence-corrected chi connectivity index (χ1v) is 5.97. The van der Waals surface area contributed by atoms with E-state index >= 15 is 0 Å². The molecule has 0 aliphatic rings. The summed E-state index contributed by atoms with van der Waals surface area (Å²) in [5.74, 6) is 0.229. The molecule has 0 aliphatic heterocycles. The van der Waals surface area contributed by atoms with Gasteiger partial charge in [-0.2, -0.15) is 0 Å². The fraction of sp³-hybridized carbons (Fsp3) is 0. The van der Waals surface area contributed by atoms with E-state index in [0.29, 0.717) is 17.0 Å². The number of fused-ring (bicyclic) bond motifs is 1. The van der Waals surface area contributed by atoms with Crippen LogP contribution in [0.4, 0.5) is 11.4 Å². The number of nitrogen functional groups attached to an aromatic ring is 2. The summed E-state index contributed by atoms with van der Waals surface area (Å²) in [7, 11) is 0. The van der Waals surface area contributed by atoms with Gasteiger partial charge < -0.3 is 21.0 Å². The lowest BCUT2D eigenvalue weighted by Gasteiger charge is -2.06. The number of phenolic OH excluding ortho intramolecular Hbond substituents is 1. The second kappa shape index (κ2) is 4.31. The molecule has 0 saturated heterocycles. The van der Waals surface area contributed by atoms with Gasteiger partial charge in [0.15, 0.2) is 16.8 Å². The van der Waals surface area contributed by atoms with E-state index in [0.717, 1.165) is 0 Å². The molecule has 3 rings (SSSR count). The van der Waals surface area contributed by atoms with Crippen LogP contribution < -0.4 is 16.9 Å². The molecule has 100 valence electrons. The molecular formula is C15H12N2O3. The number of nitrogens with two attached hydrogens (primary N) is 2. The van der Waals surface area contributed by atoms with Gasteiger partial charge in [-0.15, -0.1) is 0 Å². The van der Waals surface area contributed by atoms with E-state index in [1.54, 1.807) is 24.3 Å². The molecule has 0 atom stereocenters. The van der Waals surface area contributed by atoms with Gasteiger partial charge in [-0.05, 0) is 36.4 Å². The van der Waals surface area contributed by atoms with Crippen LogP contribution in [0, 0.1) is 0 Å². The standard InChI is InChI=1S/C15H12N2O3/c16-9-3-1-8(2-4-9)13-7-12(19)14-10(17)5-6-11(18)15(14)20-13/h1-7,18H,16-17H2. The van der Waals surface area contributed by atoms with Crippen LogP contribution in [0.5, 0.6) is 5.75 Å². The Morgan fingerprint density at radius 2 is 1.70 bits per heavy atom. The molecule has 1 aromatic heterocycles. The van der Waals surface area contributed by atoms with E-state index in [-0.39, 0.29) is 27.8 Å². The minimum atomic E-state index is -0.300. The molecule has 0 aliphatic carbocycles. The average molecular weight is 268 g/mol. The summed E-state index contributed by atoms with van der Waals surface area (Å²) in [6.07, 6.45) is 0. The van der Waals surface area contributed by atoms with Gasteiger partial charge in [-0.1, -0.05) is 0 Å². The Morgan fingerprint density at radius 1 is 1.00 bits per heavy atom. The number of hydrogen-bond donors (Lipinski definition) is 3. The van der Waals surface area contributed by atoms with E-state index in [4.69, 9.17) is 15.9 Å². The van der Waals surface area contributed by atoms with Gasteiger partial charge in [-0.25, -0.2) is 0 Å². The SMILES string of the molecule is Nc1ccc(-c2cc(=O)c3c(N)ccc(O)c3o2)cc1. The Labute approximate surface area is 114 Å². The lowest BCUT2D eigenvalue weighted by atomic mass is 10.1. The molecule has 5 heteroatoms. The van der Waals surface area contributed by atoms with E-state index in [1.165, 1.54) is 18.2 Å². The second-order valence-electron chi connectivity index (χ2n) is 4.47. The second-order valence-corrected chi connectivity index (χ2v) is 4.47. The molecule has 0 radical (unpaired) electrons. The maximum atomic E-state index is 12.1. The molecule has 20 heavy (non-hydrogen) atoms. The maximum Gasteiger partial charge on any atom is 0.195 e. The van der Waals surface area contributed by atoms with Gasteiger partial charge in [-0.3, -0.25) is 4.79 Å². The smallest absolute Gasteiger partial charge is 0.195 e. The van der Waals surface area contributed by atoms with Crippen molar-refractivity contribution in [2.24, 2.45) is 0 Å². The highest BCUT2D eigenvalue weighted by atomic mass is 16.4. The number of phenols is 1. The summed E-state index contributed by atoms with van der Waals surface area (Å²) in [4.78, 5) is 12.1. The molecule has 0 unspecified atom stereocenters. The highest BCUT2D eigenvalue weighted by molar-refractivity contribution is 5.93. The number of aromatic hydroxyl groups is 1. The van der Waals surface area contributed by atoms with Gasteiger partial charge >= 0.3 is 0 Å². The van der Waals surface area contributed by atoms with Crippen molar-refractivity contribution in [1.29, 1.82) is 0 Å².